The van der Waals surface area contributed by atoms with E-state index >= 15 is 0 Å². The molecule has 2 nitrogen and oxygen atoms in total. The number of rotatable bonds is 4. The van der Waals surface area contributed by atoms with E-state index in [9.17, 15) is 9.90 Å². The van der Waals surface area contributed by atoms with Gasteiger partial charge >= 0.3 is 0 Å². The Balaban J connectivity index is 1.94. The van der Waals surface area contributed by atoms with Crippen LogP contribution >= 0.6 is 15.9 Å². The van der Waals surface area contributed by atoms with Crippen molar-refractivity contribution in [2.75, 3.05) is 0 Å². The van der Waals surface area contributed by atoms with Crippen molar-refractivity contribution in [3.8, 4) is 0 Å². The second-order valence-corrected chi connectivity index (χ2v) is 6.03. The summed E-state index contributed by atoms with van der Waals surface area (Å²) in [5.74, 6) is 0.137. The topological polar surface area (TPSA) is 37.3 Å². The first kappa shape index (κ1) is 13.8. The van der Waals surface area contributed by atoms with Crippen molar-refractivity contribution in [1.82, 2.24) is 0 Å². The number of ketones is 1. The van der Waals surface area contributed by atoms with Crippen LogP contribution in [0.1, 0.15) is 37.7 Å². The zero-order valence-corrected chi connectivity index (χ0v) is 12.0. The van der Waals surface area contributed by atoms with E-state index < -0.39 is 6.10 Å². The number of benzene rings is 1. The molecule has 0 aromatic heterocycles. The van der Waals surface area contributed by atoms with E-state index in [2.05, 4.69) is 15.9 Å². The molecule has 1 unspecified atom stereocenters. The van der Waals surface area contributed by atoms with Crippen LogP contribution in [-0.2, 0) is 11.2 Å². The maximum absolute atomic E-state index is 12.1. The summed E-state index contributed by atoms with van der Waals surface area (Å²) >= 11 is 3.39. The van der Waals surface area contributed by atoms with Gasteiger partial charge in [0.1, 0.15) is 6.10 Å². The van der Waals surface area contributed by atoms with E-state index in [1.165, 1.54) is 6.42 Å². The largest absolute Gasteiger partial charge is 0.385 e. The third-order valence-corrected chi connectivity index (χ3v) is 4.19. The minimum atomic E-state index is -0.774. The second kappa shape index (κ2) is 6.48. The van der Waals surface area contributed by atoms with E-state index in [4.69, 9.17) is 0 Å². The molecule has 0 aliphatic heterocycles. The third kappa shape index (κ3) is 3.66. The van der Waals surface area contributed by atoms with Gasteiger partial charge in [0.25, 0.3) is 0 Å². The molecule has 0 spiro atoms. The number of aliphatic hydroxyl groups is 1. The Morgan fingerprint density at radius 3 is 2.72 bits per heavy atom. The molecule has 0 heterocycles. The highest BCUT2D eigenvalue weighted by atomic mass is 79.9. The smallest absolute Gasteiger partial charge is 0.165 e. The molecule has 0 saturated heterocycles. The van der Waals surface area contributed by atoms with Crippen LogP contribution < -0.4 is 0 Å². The average Bonchev–Trinajstić information content (AvgIpc) is 2.39. The number of carbonyl (C=O) groups is 1. The van der Waals surface area contributed by atoms with E-state index in [1.54, 1.807) is 0 Å². The first-order valence-electron chi connectivity index (χ1n) is 6.62. The lowest BCUT2D eigenvalue weighted by Crippen LogP contribution is -2.32. The van der Waals surface area contributed by atoms with Crippen molar-refractivity contribution in [3.05, 3.63) is 34.3 Å². The van der Waals surface area contributed by atoms with Crippen LogP contribution in [0.5, 0.6) is 0 Å². The molecule has 0 bridgehead atoms. The Hall–Kier alpha value is -0.670. The number of carbonyl (C=O) groups excluding carboxylic acids is 1. The molecule has 1 N–H and O–H groups in total. The van der Waals surface area contributed by atoms with Crippen molar-refractivity contribution >= 4 is 21.7 Å². The van der Waals surface area contributed by atoms with Gasteiger partial charge < -0.3 is 5.11 Å². The highest BCUT2D eigenvalue weighted by molar-refractivity contribution is 9.10. The quantitative estimate of drug-likeness (QED) is 0.924. The van der Waals surface area contributed by atoms with Crippen molar-refractivity contribution < 1.29 is 9.90 Å². The summed E-state index contributed by atoms with van der Waals surface area (Å²) in [4.78, 5) is 12.1. The molecular weight excluding hydrogens is 292 g/mol. The molecule has 0 amide bonds. The Morgan fingerprint density at radius 1 is 1.33 bits per heavy atom. The normalized spacial score (nSPS) is 18.6. The van der Waals surface area contributed by atoms with Crippen LogP contribution in [0.4, 0.5) is 0 Å². The van der Waals surface area contributed by atoms with Crippen molar-refractivity contribution in [1.29, 1.82) is 0 Å². The zero-order valence-electron chi connectivity index (χ0n) is 10.4. The molecule has 1 aromatic carbocycles. The number of aliphatic hydroxyl groups excluding tert-OH is 1. The van der Waals surface area contributed by atoms with Crippen LogP contribution in [0, 0.1) is 5.92 Å². The van der Waals surface area contributed by atoms with Crippen LogP contribution in [0.15, 0.2) is 28.7 Å². The van der Waals surface area contributed by atoms with Gasteiger partial charge in [-0.05, 0) is 36.5 Å². The van der Waals surface area contributed by atoms with Crippen LogP contribution in [0.3, 0.4) is 0 Å². The summed E-state index contributed by atoms with van der Waals surface area (Å²) in [7, 11) is 0. The van der Waals surface area contributed by atoms with Crippen LogP contribution in [0.2, 0.25) is 0 Å². The van der Waals surface area contributed by atoms with E-state index in [0.29, 0.717) is 6.42 Å². The zero-order chi connectivity index (χ0) is 13.0. The molecule has 1 aliphatic rings. The summed E-state index contributed by atoms with van der Waals surface area (Å²) in [6.07, 6.45) is 5.07. The summed E-state index contributed by atoms with van der Waals surface area (Å²) in [5.41, 5.74) is 0.962. The molecule has 1 fully saturated rings. The Labute approximate surface area is 117 Å². The van der Waals surface area contributed by atoms with Gasteiger partial charge in [-0.1, -0.05) is 47.3 Å². The van der Waals surface area contributed by atoms with E-state index in [1.807, 2.05) is 24.3 Å². The minimum Gasteiger partial charge on any atom is -0.385 e. The summed E-state index contributed by atoms with van der Waals surface area (Å²) in [6.45, 7) is 0. The van der Waals surface area contributed by atoms with Gasteiger partial charge in [-0.2, -0.15) is 0 Å². The lowest BCUT2D eigenvalue weighted by Gasteiger charge is -2.25. The van der Waals surface area contributed by atoms with Gasteiger partial charge in [-0.25, -0.2) is 0 Å². The fourth-order valence-corrected chi connectivity index (χ4v) is 3.11. The van der Waals surface area contributed by atoms with Crippen LogP contribution in [-0.4, -0.2) is 17.0 Å². The lowest BCUT2D eigenvalue weighted by molar-refractivity contribution is -0.129. The van der Waals surface area contributed by atoms with Gasteiger partial charge in [-0.15, -0.1) is 0 Å². The van der Waals surface area contributed by atoms with E-state index in [0.717, 1.165) is 35.7 Å². The van der Waals surface area contributed by atoms with Gasteiger partial charge in [0.2, 0.25) is 0 Å². The molecule has 1 saturated carbocycles. The van der Waals surface area contributed by atoms with Gasteiger partial charge in [0.15, 0.2) is 5.78 Å². The molecular formula is C15H19BrO2. The first-order valence-corrected chi connectivity index (χ1v) is 7.41. The highest BCUT2D eigenvalue weighted by Crippen LogP contribution is 2.27. The highest BCUT2D eigenvalue weighted by Gasteiger charge is 2.27. The molecule has 1 atom stereocenters. The number of Topliss-reactive ketones (excluding diaryl/α,β-unsaturated/α-hetero) is 1. The monoisotopic (exact) mass is 310 g/mol. The molecule has 0 radical (unpaired) electrons. The van der Waals surface area contributed by atoms with Gasteiger partial charge in [0.05, 0.1) is 0 Å². The maximum atomic E-state index is 12.1. The number of hydrogen-bond acceptors (Lipinski definition) is 2. The summed E-state index contributed by atoms with van der Waals surface area (Å²) in [5, 5.41) is 10.1. The fraction of sp³-hybridized carbons (Fsp3) is 0.533. The second-order valence-electron chi connectivity index (χ2n) is 5.12. The molecule has 1 aliphatic carbocycles. The van der Waals surface area contributed by atoms with Crippen molar-refractivity contribution in [2.24, 2.45) is 5.92 Å². The van der Waals surface area contributed by atoms with Crippen molar-refractivity contribution in [2.45, 2.75) is 44.6 Å². The third-order valence-electron chi connectivity index (χ3n) is 3.69. The molecule has 98 valence electrons. The SMILES string of the molecule is O=C(Cc1cccc(Br)c1)C(O)C1CCCCC1. The Bertz CT molecular complexity index is 411. The molecule has 1 aromatic rings. The lowest BCUT2D eigenvalue weighted by atomic mass is 9.83. The van der Waals surface area contributed by atoms with Crippen molar-refractivity contribution in [3.63, 3.8) is 0 Å². The van der Waals surface area contributed by atoms with Crippen LogP contribution in [0.25, 0.3) is 0 Å². The van der Waals surface area contributed by atoms with Gasteiger partial charge in [-0.3, -0.25) is 4.79 Å². The Kier molecular flexibility index (Phi) is 4.95. The standard InChI is InChI=1S/C15H19BrO2/c16-13-8-4-5-11(9-13)10-14(17)15(18)12-6-2-1-3-7-12/h4-5,8-9,12,15,18H,1-3,6-7,10H2. The Morgan fingerprint density at radius 2 is 2.06 bits per heavy atom. The molecule has 3 heteroatoms. The van der Waals surface area contributed by atoms with E-state index in [-0.39, 0.29) is 11.7 Å². The fourth-order valence-electron chi connectivity index (χ4n) is 2.67. The first-order chi connectivity index (χ1) is 8.66. The predicted molar refractivity (Wildman–Crippen MR) is 75.4 cm³/mol. The number of hydrogen-bond donors (Lipinski definition) is 1. The van der Waals surface area contributed by atoms with Gasteiger partial charge in [0, 0.05) is 10.9 Å². The number of halogens is 1. The minimum absolute atomic E-state index is 0.0417. The average molecular weight is 311 g/mol. The molecule has 18 heavy (non-hydrogen) atoms. The molecule has 2 rings (SSSR count). The summed E-state index contributed by atoms with van der Waals surface area (Å²) < 4.78 is 0.972. The summed E-state index contributed by atoms with van der Waals surface area (Å²) in [6, 6.07) is 7.72. The maximum Gasteiger partial charge on any atom is 0.165 e. The predicted octanol–water partition coefficient (Wildman–Crippen LogP) is 3.50.